The summed E-state index contributed by atoms with van der Waals surface area (Å²) in [6, 6.07) is 15.8. The highest BCUT2D eigenvalue weighted by Crippen LogP contribution is 2.27. The number of rotatable bonds is 9. The summed E-state index contributed by atoms with van der Waals surface area (Å²) in [7, 11) is 1.67. The molecular formula is C19H25NO3. The summed E-state index contributed by atoms with van der Waals surface area (Å²) in [6.07, 6.45) is 0.850. The molecule has 23 heavy (non-hydrogen) atoms. The fraction of sp³-hybridized carbons (Fsp3) is 0.368. The molecule has 4 heteroatoms. The van der Waals surface area contributed by atoms with E-state index in [-0.39, 0.29) is 5.92 Å². The highest BCUT2D eigenvalue weighted by molar-refractivity contribution is 5.39. The molecule has 2 rings (SSSR count). The molecule has 0 spiro atoms. The normalized spacial score (nSPS) is 11.8. The van der Waals surface area contributed by atoms with Crippen molar-refractivity contribution in [1.82, 2.24) is 0 Å². The molecular weight excluding hydrogens is 290 g/mol. The first kappa shape index (κ1) is 17.2. The molecule has 124 valence electrons. The van der Waals surface area contributed by atoms with Gasteiger partial charge in [0.15, 0.2) is 11.5 Å². The number of para-hydroxylation sites is 2. The van der Waals surface area contributed by atoms with E-state index in [1.54, 1.807) is 7.11 Å². The Labute approximate surface area is 138 Å². The summed E-state index contributed by atoms with van der Waals surface area (Å²) < 4.78 is 16.6. The van der Waals surface area contributed by atoms with Crippen LogP contribution >= 0.6 is 0 Å². The molecule has 0 aliphatic rings. The Kier molecular flexibility index (Phi) is 6.76. The van der Waals surface area contributed by atoms with E-state index in [9.17, 15) is 0 Å². The van der Waals surface area contributed by atoms with Crippen molar-refractivity contribution in [3.05, 3.63) is 54.1 Å². The van der Waals surface area contributed by atoms with E-state index in [0.29, 0.717) is 19.8 Å². The maximum absolute atomic E-state index is 5.92. The largest absolute Gasteiger partial charge is 0.497 e. The van der Waals surface area contributed by atoms with E-state index in [1.807, 2.05) is 43.3 Å². The van der Waals surface area contributed by atoms with Crippen LogP contribution in [0.1, 0.15) is 24.8 Å². The zero-order valence-electron chi connectivity index (χ0n) is 13.8. The van der Waals surface area contributed by atoms with Crippen molar-refractivity contribution in [2.24, 2.45) is 5.73 Å². The van der Waals surface area contributed by atoms with Gasteiger partial charge in [0.2, 0.25) is 0 Å². The van der Waals surface area contributed by atoms with Gasteiger partial charge in [0, 0.05) is 0 Å². The van der Waals surface area contributed by atoms with Gasteiger partial charge in [0.05, 0.1) is 20.3 Å². The van der Waals surface area contributed by atoms with Crippen molar-refractivity contribution in [3.63, 3.8) is 0 Å². The monoisotopic (exact) mass is 315 g/mol. The van der Waals surface area contributed by atoms with E-state index in [1.165, 1.54) is 5.56 Å². The Hall–Kier alpha value is -2.20. The molecule has 0 aliphatic heterocycles. The highest BCUT2D eigenvalue weighted by Gasteiger charge is 2.11. The van der Waals surface area contributed by atoms with Crippen LogP contribution in [0.15, 0.2) is 48.5 Å². The third kappa shape index (κ3) is 4.89. The maximum atomic E-state index is 5.92. The van der Waals surface area contributed by atoms with Crippen LogP contribution < -0.4 is 19.9 Å². The first-order valence-corrected chi connectivity index (χ1v) is 7.97. The predicted octanol–water partition coefficient (Wildman–Crippen LogP) is 3.61. The van der Waals surface area contributed by atoms with E-state index >= 15 is 0 Å². The van der Waals surface area contributed by atoms with Crippen LogP contribution in [0, 0.1) is 0 Å². The third-order valence-electron chi connectivity index (χ3n) is 3.74. The minimum atomic E-state index is 0.264. The smallest absolute Gasteiger partial charge is 0.161 e. The van der Waals surface area contributed by atoms with E-state index in [4.69, 9.17) is 19.9 Å². The lowest BCUT2D eigenvalue weighted by Crippen LogP contribution is -2.15. The van der Waals surface area contributed by atoms with Crippen LogP contribution in [-0.2, 0) is 0 Å². The van der Waals surface area contributed by atoms with Crippen LogP contribution in [0.25, 0.3) is 0 Å². The van der Waals surface area contributed by atoms with E-state index < -0.39 is 0 Å². The van der Waals surface area contributed by atoms with Crippen LogP contribution in [0.5, 0.6) is 17.2 Å². The summed E-state index contributed by atoms with van der Waals surface area (Å²) >= 11 is 0. The lowest BCUT2D eigenvalue weighted by atomic mass is 9.96. The molecule has 2 N–H and O–H groups in total. The summed E-state index contributed by atoms with van der Waals surface area (Å²) in [5, 5.41) is 0. The van der Waals surface area contributed by atoms with Gasteiger partial charge >= 0.3 is 0 Å². The number of hydrogen-bond donors (Lipinski definition) is 1. The molecule has 0 amide bonds. The number of methoxy groups -OCH3 is 1. The first-order chi connectivity index (χ1) is 11.3. The van der Waals surface area contributed by atoms with Crippen molar-refractivity contribution >= 4 is 0 Å². The van der Waals surface area contributed by atoms with Crippen molar-refractivity contribution in [1.29, 1.82) is 0 Å². The molecule has 0 saturated heterocycles. The Morgan fingerprint density at radius 1 is 0.957 bits per heavy atom. The number of hydrogen-bond acceptors (Lipinski definition) is 4. The molecule has 0 bridgehead atoms. The first-order valence-electron chi connectivity index (χ1n) is 7.97. The molecule has 0 aliphatic carbocycles. The number of benzene rings is 2. The lowest BCUT2D eigenvalue weighted by molar-refractivity contribution is 0.267. The van der Waals surface area contributed by atoms with Crippen molar-refractivity contribution in [2.75, 3.05) is 26.9 Å². The average molecular weight is 315 g/mol. The third-order valence-corrected chi connectivity index (χ3v) is 3.74. The van der Waals surface area contributed by atoms with E-state index in [0.717, 1.165) is 23.7 Å². The van der Waals surface area contributed by atoms with E-state index in [2.05, 4.69) is 12.1 Å². The van der Waals surface area contributed by atoms with Crippen LogP contribution in [0.4, 0.5) is 0 Å². The second-order valence-electron chi connectivity index (χ2n) is 5.22. The quantitative estimate of drug-likeness (QED) is 0.768. The average Bonchev–Trinajstić information content (AvgIpc) is 2.60. The molecule has 1 atom stereocenters. The molecule has 2 aromatic rings. The number of ether oxygens (including phenoxy) is 3. The molecule has 2 aromatic carbocycles. The summed E-state index contributed by atoms with van der Waals surface area (Å²) in [5.74, 6) is 2.68. The number of nitrogens with two attached hydrogens (primary N) is 1. The molecule has 0 fully saturated rings. The van der Waals surface area contributed by atoms with Gasteiger partial charge in [-0.15, -0.1) is 0 Å². The Balaban J connectivity index is 1.93. The van der Waals surface area contributed by atoms with Gasteiger partial charge < -0.3 is 19.9 Å². The second kappa shape index (κ2) is 9.06. The highest BCUT2D eigenvalue weighted by atomic mass is 16.5. The van der Waals surface area contributed by atoms with Gasteiger partial charge in [-0.1, -0.05) is 24.3 Å². The fourth-order valence-electron chi connectivity index (χ4n) is 2.45. The van der Waals surface area contributed by atoms with Crippen LogP contribution in [0.2, 0.25) is 0 Å². The van der Waals surface area contributed by atoms with Gasteiger partial charge in [0.25, 0.3) is 0 Å². The summed E-state index contributed by atoms with van der Waals surface area (Å²) in [4.78, 5) is 0. The second-order valence-corrected chi connectivity index (χ2v) is 5.22. The minimum absolute atomic E-state index is 0.264. The van der Waals surface area contributed by atoms with Crippen molar-refractivity contribution < 1.29 is 14.2 Å². The predicted molar refractivity (Wildman–Crippen MR) is 92.5 cm³/mol. The van der Waals surface area contributed by atoms with Gasteiger partial charge in [0.1, 0.15) is 5.75 Å². The molecule has 0 aromatic heterocycles. The van der Waals surface area contributed by atoms with Gasteiger partial charge in [-0.3, -0.25) is 0 Å². The van der Waals surface area contributed by atoms with Gasteiger partial charge in [-0.05, 0) is 55.6 Å². The lowest BCUT2D eigenvalue weighted by Gasteiger charge is -2.17. The fourth-order valence-corrected chi connectivity index (χ4v) is 2.45. The minimum Gasteiger partial charge on any atom is -0.497 e. The van der Waals surface area contributed by atoms with Crippen molar-refractivity contribution in [2.45, 2.75) is 19.3 Å². The molecule has 0 heterocycles. The maximum Gasteiger partial charge on any atom is 0.161 e. The summed E-state index contributed by atoms with van der Waals surface area (Å²) in [6.45, 7) is 3.77. The van der Waals surface area contributed by atoms with Gasteiger partial charge in [-0.25, -0.2) is 0 Å². The topological polar surface area (TPSA) is 53.7 Å². The summed E-state index contributed by atoms with van der Waals surface area (Å²) in [5.41, 5.74) is 7.12. The Bertz CT molecular complexity index is 583. The van der Waals surface area contributed by atoms with Crippen LogP contribution in [-0.4, -0.2) is 26.9 Å². The molecule has 0 radical (unpaired) electrons. The van der Waals surface area contributed by atoms with Gasteiger partial charge in [-0.2, -0.15) is 0 Å². The SMILES string of the molecule is CCOc1ccccc1OCCC(CN)c1ccc(OC)cc1. The Morgan fingerprint density at radius 2 is 1.61 bits per heavy atom. The molecule has 1 unspecified atom stereocenters. The molecule has 4 nitrogen and oxygen atoms in total. The molecule has 0 saturated carbocycles. The zero-order valence-corrected chi connectivity index (χ0v) is 13.8. The Morgan fingerprint density at radius 3 is 2.17 bits per heavy atom. The van der Waals surface area contributed by atoms with Crippen molar-refractivity contribution in [3.8, 4) is 17.2 Å². The zero-order chi connectivity index (χ0) is 16.5. The van der Waals surface area contributed by atoms with Crippen LogP contribution in [0.3, 0.4) is 0 Å². The standard InChI is InChI=1S/C19H25NO3/c1-3-22-18-6-4-5-7-19(18)23-13-12-16(14-20)15-8-10-17(21-2)11-9-15/h4-11,16H,3,12-14,20H2,1-2H3.